The first kappa shape index (κ1) is 16.1. The SMILES string of the molecule is C[C@@H](NC(=O)c1csc([N+](=O)[O-])c1)C(=O)OC(C)(C)C. The van der Waals surface area contributed by atoms with Crippen LogP contribution in [0.4, 0.5) is 5.00 Å². The standard InChI is InChI=1S/C12H16N2O5S/c1-7(11(16)19-12(2,3)4)13-10(15)8-5-9(14(17)18)20-6-8/h5-7H,1-4H3,(H,13,15)/t7-/m1/s1. The number of ether oxygens (including phenoxy) is 1. The van der Waals surface area contributed by atoms with Gasteiger partial charge in [-0.05, 0) is 27.7 Å². The van der Waals surface area contributed by atoms with Crippen LogP contribution in [-0.2, 0) is 9.53 Å². The minimum atomic E-state index is -0.833. The second-order valence-corrected chi connectivity index (χ2v) is 6.05. The summed E-state index contributed by atoms with van der Waals surface area (Å²) in [6, 6.07) is 0.336. The van der Waals surface area contributed by atoms with Crippen LogP contribution in [0.25, 0.3) is 0 Å². The van der Waals surface area contributed by atoms with Gasteiger partial charge in [0, 0.05) is 11.4 Å². The van der Waals surface area contributed by atoms with E-state index in [-0.39, 0.29) is 10.6 Å². The number of hydrogen-bond donors (Lipinski definition) is 1. The number of carbonyl (C=O) groups is 2. The highest BCUT2D eigenvalue weighted by Crippen LogP contribution is 2.22. The molecule has 0 aromatic carbocycles. The molecule has 0 fully saturated rings. The average Bonchev–Trinajstić information content (AvgIpc) is 2.75. The van der Waals surface area contributed by atoms with Gasteiger partial charge in [-0.1, -0.05) is 11.3 Å². The number of thiophene rings is 1. The maximum atomic E-state index is 11.8. The van der Waals surface area contributed by atoms with Crippen molar-refractivity contribution in [1.29, 1.82) is 0 Å². The molecule has 8 heteroatoms. The first-order valence-corrected chi connectivity index (χ1v) is 6.75. The molecular weight excluding hydrogens is 284 g/mol. The van der Waals surface area contributed by atoms with Crippen molar-refractivity contribution >= 4 is 28.2 Å². The van der Waals surface area contributed by atoms with Crippen molar-refractivity contribution in [3.63, 3.8) is 0 Å². The lowest BCUT2D eigenvalue weighted by molar-refractivity contribution is -0.380. The van der Waals surface area contributed by atoms with Crippen LogP contribution in [0.1, 0.15) is 38.1 Å². The van der Waals surface area contributed by atoms with Crippen LogP contribution in [0.3, 0.4) is 0 Å². The van der Waals surface area contributed by atoms with Gasteiger partial charge in [0.25, 0.3) is 5.91 Å². The third kappa shape index (κ3) is 4.61. The summed E-state index contributed by atoms with van der Waals surface area (Å²) in [7, 11) is 0. The van der Waals surface area contributed by atoms with E-state index in [1.807, 2.05) is 0 Å². The van der Waals surface area contributed by atoms with Crippen LogP contribution < -0.4 is 5.32 Å². The summed E-state index contributed by atoms with van der Waals surface area (Å²) in [6.07, 6.45) is 0. The van der Waals surface area contributed by atoms with Crippen LogP contribution in [0, 0.1) is 10.1 Å². The molecule has 110 valence electrons. The molecule has 1 atom stereocenters. The molecule has 0 spiro atoms. The zero-order chi connectivity index (χ0) is 15.5. The molecular formula is C12H16N2O5S. The molecule has 0 saturated carbocycles. The minimum absolute atomic E-state index is 0.125. The molecule has 0 aliphatic carbocycles. The van der Waals surface area contributed by atoms with Gasteiger partial charge in [-0.25, -0.2) is 4.79 Å². The highest BCUT2D eigenvalue weighted by atomic mass is 32.1. The molecule has 7 nitrogen and oxygen atoms in total. The predicted octanol–water partition coefficient (Wildman–Crippen LogP) is 2.12. The Morgan fingerprint density at radius 1 is 1.45 bits per heavy atom. The van der Waals surface area contributed by atoms with Gasteiger partial charge in [0.1, 0.15) is 11.6 Å². The summed E-state index contributed by atoms with van der Waals surface area (Å²) in [6.45, 7) is 6.66. The van der Waals surface area contributed by atoms with Gasteiger partial charge in [-0.2, -0.15) is 0 Å². The summed E-state index contributed by atoms with van der Waals surface area (Å²) in [5.41, 5.74) is -0.492. The maximum absolute atomic E-state index is 11.8. The van der Waals surface area contributed by atoms with Gasteiger partial charge >= 0.3 is 11.0 Å². The Morgan fingerprint density at radius 3 is 2.50 bits per heavy atom. The number of rotatable bonds is 4. The summed E-state index contributed by atoms with van der Waals surface area (Å²) in [4.78, 5) is 33.5. The van der Waals surface area contributed by atoms with Crippen molar-refractivity contribution in [3.8, 4) is 0 Å². The van der Waals surface area contributed by atoms with Crippen molar-refractivity contribution in [1.82, 2.24) is 5.32 Å². The molecule has 20 heavy (non-hydrogen) atoms. The first-order valence-electron chi connectivity index (χ1n) is 5.87. The third-order valence-electron chi connectivity index (χ3n) is 2.14. The summed E-state index contributed by atoms with van der Waals surface area (Å²) >= 11 is 0.855. The Kier molecular flexibility index (Phi) is 4.83. The van der Waals surface area contributed by atoms with Crippen LogP contribution in [0.2, 0.25) is 0 Å². The monoisotopic (exact) mass is 300 g/mol. The smallest absolute Gasteiger partial charge is 0.328 e. The van der Waals surface area contributed by atoms with Gasteiger partial charge in [-0.3, -0.25) is 14.9 Å². The summed E-state index contributed by atoms with van der Waals surface area (Å²) < 4.78 is 5.12. The van der Waals surface area contributed by atoms with E-state index in [1.54, 1.807) is 20.8 Å². The van der Waals surface area contributed by atoms with E-state index < -0.39 is 28.4 Å². The van der Waals surface area contributed by atoms with Crippen LogP contribution >= 0.6 is 11.3 Å². The van der Waals surface area contributed by atoms with Crippen molar-refractivity contribution in [2.24, 2.45) is 0 Å². The summed E-state index contributed by atoms with van der Waals surface area (Å²) in [5, 5.41) is 14.2. The number of amides is 1. The lowest BCUT2D eigenvalue weighted by atomic mass is 10.2. The molecule has 1 heterocycles. The minimum Gasteiger partial charge on any atom is -0.458 e. The Hall–Kier alpha value is -1.96. The van der Waals surface area contributed by atoms with Gasteiger partial charge < -0.3 is 10.1 Å². The molecule has 1 N–H and O–H groups in total. The van der Waals surface area contributed by atoms with Crippen LogP contribution in [0.5, 0.6) is 0 Å². The number of nitrogens with zero attached hydrogens (tertiary/aromatic N) is 1. The van der Waals surface area contributed by atoms with E-state index >= 15 is 0 Å². The van der Waals surface area contributed by atoms with Gasteiger partial charge in [-0.15, -0.1) is 0 Å². The normalized spacial score (nSPS) is 12.6. The molecule has 0 radical (unpaired) electrons. The second-order valence-electron chi connectivity index (χ2n) is 5.16. The molecule has 0 aliphatic heterocycles. The molecule has 1 rings (SSSR count). The molecule has 0 unspecified atom stereocenters. The largest absolute Gasteiger partial charge is 0.458 e. The molecule has 1 aromatic rings. The van der Waals surface area contributed by atoms with Gasteiger partial charge in [0.05, 0.1) is 10.5 Å². The molecule has 0 aliphatic rings. The maximum Gasteiger partial charge on any atom is 0.328 e. The van der Waals surface area contributed by atoms with Crippen molar-refractivity contribution in [2.45, 2.75) is 39.3 Å². The van der Waals surface area contributed by atoms with Crippen LogP contribution in [0.15, 0.2) is 11.4 Å². The molecule has 0 bridgehead atoms. The van der Waals surface area contributed by atoms with Crippen LogP contribution in [-0.4, -0.2) is 28.4 Å². The lowest BCUT2D eigenvalue weighted by Gasteiger charge is -2.22. The van der Waals surface area contributed by atoms with E-state index in [4.69, 9.17) is 4.74 Å². The number of carbonyl (C=O) groups excluding carboxylic acids is 2. The molecule has 0 saturated heterocycles. The van der Waals surface area contributed by atoms with Crippen molar-refractivity contribution in [2.75, 3.05) is 0 Å². The Labute approximate surface area is 120 Å². The Morgan fingerprint density at radius 2 is 2.05 bits per heavy atom. The van der Waals surface area contributed by atoms with E-state index in [0.717, 1.165) is 11.3 Å². The van der Waals surface area contributed by atoms with E-state index in [9.17, 15) is 19.7 Å². The van der Waals surface area contributed by atoms with E-state index in [2.05, 4.69) is 5.32 Å². The number of nitro groups is 1. The Bertz CT molecular complexity index is 532. The number of hydrogen-bond acceptors (Lipinski definition) is 6. The molecule has 1 aromatic heterocycles. The van der Waals surface area contributed by atoms with Crippen molar-refractivity contribution in [3.05, 3.63) is 27.1 Å². The van der Waals surface area contributed by atoms with Gasteiger partial charge in [0.2, 0.25) is 0 Å². The fraction of sp³-hybridized carbons (Fsp3) is 0.500. The second kappa shape index (κ2) is 6.00. The average molecular weight is 300 g/mol. The molecule has 1 amide bonds. The Balaban J connectivity index is 2.65. The fourth-order valence-corrected chi connectivity index (χ4v) is 1.97. The van der Waals surface area contributed by atoms with Gasteiger partial charge in [0.15, 0.2) is 0 Å². The lowest BCUT2D eigenvalue weighted by Crippen LogP contribution is -2.42. The number of esters is 1. The third-order valence-corrected chi connectivity index (χ3v) is 3.02. The highest BCUT2D eigenvalue weighted by Gasteiger charge is 2.24. The fourth-order valence-electron chi connectivity index (χ4n) is 1.27. The zero-order valence-electron chi connectivity index (χ0n) is 11.6. The topological polar surface area (TPSA) is 98.5 Å². The number of nitrogens with one attached hydrogen (secondary N) is 1. The van der Waals surface area contributed by atoms with E-state index in [0.29, 0.717) is 0 Å². The van der Waals surface area contributed by atoms with E-state index in [1.165, 1.54) is 18.4 Å². The predicted molar refractivity (Wildman–Crippen MR) is 73.7 cm³/mol. The first-order chi connectivity index (χ1) is 9.10. The quantitative estimate of drug-likeness (QED) is 0.521. The zero-order valence-corrected chi connectivity index (χ0v) is 12.4. The summed E-state index contributed by atoms with van der Waals surface area (Å²) in [5.74, 6) is -1.11. The van der Waals surface area contributed by atoms with Crippen molar-refractivity contribution < 1.29 is 19.2 Å². The highest BCUT2D eigenvalue weighted by molar-refractivity contribution is 7.13.